The van der Waals surface area contributed by atoms with Crippen molar-refractivity contribution < 1.29 is 14.3 Å². The number of ether oxygens (including phenoxy) is 2. The highest BCUT2D eigenvalue weighted by molar-refractivity contribution is 6.35. The molecule has 0 aliphatic rings. The molecule has 0 spiro atoms. The first-order valence-electron chi connectivity index (χ1n) is 5.91. The van der Waals surface area contributed by atoms with Crippen LogP contribution in [0, 0.1) is 0 Å². The van der Waals surface area contributed by atoms with Crippen molar-refractivity contribution in [1.82, 2.24) is 0 Å². The molecule has 106 valence electrons. The maximum absolute atomic E-state index is 11.1. The Kier molecular flexibility index (Phi) is 6.42. The summed E-state index contributed by atoms with van der Waals surface area (Å²) in [6.07, 6.45) is 1.40. The van der Waals surface area contributed by atoms with Crippen LogP contribution in [0.1, 0.15) is 18.9 Å². The standard InChI is InChI=1S/C13H17Cl2NO3/c1-3-10(16)5-8-4-9(14)6-11(15)13(8)19-7-12(17)18-2/h4,6,10H,3,5,7,16H2,1-2H3. The van der Waals surface area contributed by atoms with Crippen molar-refractivity contribution in [3.8, 4) is 5.75 Å². The van der Waals surface area contributed by atoms with Gasteiger partial charge in [-0.05, 0) is 30.5 Å². The molecule has 0 bridgehead atoms. The molecule has 0 saturated heterocycles. The fraction of sp³-hybridized carbons (Fsp3) is 0.462. The largest absolute Gasteiger partial charge is 0.480 e. The molecule has 0 fully saturated rings. The van der Waals surface area contributed by atoms with Crippen molar-refractivity contribution in [2.75, 3.05) is 13.7 Å². The van der Waals surface area contributed by atoms with Gasteiger partial charge in [0.2, 0.25) is 0 Å². The molecule has 1 rings (SSSR count). The van der Waals surface area contributed by atoms with Crippen LogP contribution in [-0.2, 0) is 16.0 Å². The van der Waals surface area contributed by atoms with Gasteiger partial charge in [-0.25, -0.2) is 4.79 Å². The van der Waals surface area contributed by atoms with Crippen molar-refractivity contribution >= 4 is 29.2 Å². The number of benzene rings is 1. The molecule has 1 aromatic carbocycles. The van der Waals surface area contributed by atoms with E-state index in [4.69, 9.17) is 33.7 Å². The van der Waals surface area contributed by atoms with Gasteiger partial charge >= 0.3 is 5.97 Å². The van der Waals surface area contributed by atoms with E-state index in [-0.39, 0.29) is 12.6 Å². The highest BCUT2D eigenvalue weighted by atomic mass is 35.5. The predicted molar refractivity (Wildman–Crippen MR) is 75.9 cm³/mol. The predicted octanol–water partition coefficient (Wildman–Crippen LogP) is 2.83. The lowest BCUT2D eigenvalue weighted by Crippen LogP contribution is -2.22. The van der Waals surface area contributed by atoms with Gasteiger partial charge in [-0.1, -0.05) is 30.1 Å². The minimum Gasteiger partial charge on any atom is -0.480 e. The summed E-state index contributed by atoms with van der Waals surface area (Å²) in [5.41, 5.74) is 6.71. The molecular weight excluding hydrogens is 289 g/mol. The molecule has 0 heterocycles. The van der Waals surface area contributed by atoms with Crippen LogP contribution < -0.4 is 10.5 Å². The molecule has 0 saturated carbocycles. The van der Waals surface area contributed by atoms with Crippen LogP contribution in [0.2, 0.25) is 10.0 Å². The van der Waals surface area contributed by atoms with Crippen molar-refractivity contribution in [3.05, 3.63) is 27.7 Å². The second kappa shape index (κ2) is 7.58. The number of carbonyl (C=O) groups excluding carboxylic acids is 1. The SMILES string of the molecule is CCC(N)Cc1cc(Cl)cc(Cl)c1OCC(=O)OC. The fourth-order valence-corrected chi connectivity index (χ4v) is 2.13. The van der Waals surface area contributed by atoms with E-state index in [9.17, 15) is 4.79 Å². The Bertz CT molecular complexity index is 452. The topological polar surface area (TPSA) is 61.5 Å². The molecule has 4 nitrogen and oxygen atoms in total. The Balaban J connectivity index is 2.95. The zero-order chi connectivity index (χ0) is 14.4. The number of esters is 1. The summed E-state index contributed by atoms with van der Waals surface area (Å²) in [6.45, 7) is 1.79. The first-order valence-corrected chi connectivity index (χ1v) is 6.66. The number of rotatable bonds is 6. The summed E-state index contributed by atoms with van der Waals surface area (Å²) in [7, 11) is 1.29. The highest BCUT2D eigenvalue weighted by Gasteiger charge is 2.14. The number of nitrogens with two attached hydrogens (primary N) is 1. The Hall–Kier alpha value is -0.970. The Morgan fingerprint density at radius 3 is 2.68 bits per heavy atom. The zero-order valence-electron chi connectivity index (χ0n) is 10.9. The van der Waals surface area contributed by atoms with Gasteiger partial charge in [-0.3, -0.25) is 0 Å². The van der Waals surface area contributed by atoms with Gasteiger partial charge in [0, 0.05) is 11.1 Å². The summed E-state index contributed by atoms with van der Waals surface area (Å²) in [5, 5.41) is 0.864. The number of carbonyl (C=O) groups is 1. The van der Waals surface area contributed by atoms with E-state index < -0.39 is 5.97 Å². The summed E-state index contributed by atoms with van der Waals surface area (Å²) in [5.74, 6) is -0.0443. The first-order chi connectivity index (χ1) is 8.97. The van der Waals surface area contributed by atoms with Crippen LogP contribution in [0.15, 0.2) is 12.1 Å². The average Bonchev–Trinajstić information content (AvgIpc) is 2.36. The molecule has 0 aromatic heterocycles. The molecule has 19 heavy (non-hydrogen) atoms. The summed E-state index contributed by atoms with van der Waals surface area (Å²) in [4.78, 5) is 11.1. The monoisotopic (exact) mass is 305 g/mol. The van der Waals surface area contributed by atoms with Crippen molar-refractivity contribution in [3.63, 3.8) is 0 Å². The smallest absolute Gasteiger partial charge is 0.343 e. The second-order valence-electron chi connectivity index (χ2n) is 4.11. The summed E-state index contributed by atoms with van der Waals surface area (Å²) < 4.78 is 9.92. The zero-order valence-corrected chi connectivity index (χ0v) is 12.4. The third-order valence-corrected chi connectivity index (χ3v) is 3.15. The van der Waals surface area contributed by atoms with Crippen molar-refractivity contribution in [1.29, 1.82) is 0 Å². The van der Waals surface area contributed by atoms with E-state index >= 15 is 0 Å². The van der Waals surface area contributed by atoms with Gasteiger partial charge < -0.3 is 15.2 Å². The minimum absolute atomic E-state index is 0.0185. The Morgan fingerprint density at radius 1 is 1.42 bits per heavy atom. The van der Waals surface area contributed by atoms with E-state index in [2.05, 4.69) is 4.74 Å². The van der Waals surface area contributed by atoms with Gasteiger partial charge in [0.25, 0.3) is 0 Å². The molecule has 6 heteroatoms. The van der Waals surface area contributed by atoms with Crippen LogP contribution in [0.25, 0.3) is 0 Å². The van der Waals surface area contributed by atoms with Crippen LogP contribution in [0.5, 0.6) is 5.75 Å². The number of hydrogen-bond acceptors (Lipinski definition) is 4. The average molecular weight is 306 g/mol. The van der Waals surface area contributed by atoms with Gasteiger partial charge in [0.05, 0.1) is 12.1 Å². The quantitative estimate of drug-likeness (QED) is 0.821. The van der Waals surface area contributed by atoms with Gasteiger partial charge in [0.1, 0.15) is 5.75 Å². The molecule has 1 aromatic rings. The maximum atomic E-state index is 11.1. The van der Waals surface area contributed by atoms with E-state index in [0.717, 1.165) is 12.0 Å². The fourth-order valence-electron chi connectivity index (χ4n) is 1.54. The number of methoxy groups -OCH3 is 1. The number of hydrogen-bond donors (Lipinski definition) is 1. The molecule has 2 N–H and O–H groups in total. The Morgan fingerprint density at radius 2 is 2.11 bits per heavy atom. The van der Waals surface area contributed by atoms with E-state index in [0.29, 0.717) is 22.2 Å². The summed E-state index contributed by atoms with van der Waals surface area (Å²) in [6, 6.07) is 3.29. The third kappa shape index (κ3) is 4.90. The van der Waals surface area contributed by atoms with Crippen LogP contribution in [-0.4, -0.2) is 25.7 Å². The van der Waals surface area contributed by atoms with Crippen LogP contribution >= 0.6 is 23.2 Å². The van der Waals surface area contributed by atoms with Gasteiger partial charge in [0.15, 0.2) is 6.61 Å². The van der Waals surface area contributed by atoms with Crippen LogP contribution in [0.4, 0.5) is 0 Å². The lowest BCUT2D eigenvalue weighted by Gasteiger charge is -2.15. The minimum atomic E-state index is -0.475. The molecule has 1 atom stereocenters. The Labute approximate surface area is 122 Å². The highest BCUT2D eigenvalue weighted by Crippen LogP contribution is 2.33. The van der Waals surface area contributed by atoms with Crippen LogP contribution in [0.3, 0.4) is 0 Å². The third-order valence-electron chi connectivity index (χ3n) is 2.65. The first kappa shape index (κ1) is 16.1. The van der Waals surface area contributed by atoms with Crippen molar-refractivity contribution in [2.24, 2.45) is 5.73 Å². The second-order valence-corrected chi connectivity index (χ2v) is 4.96. The number of halogens is 2. The normalized spacial score (nSPS) is 12.1. The summed E-state index contributed by atoms with van der Waals surface area (Å²) >= 11 is 12.1. The lowest BCUT2D eigenvalue weighted by molar-refractivity contribution is -0.142. The molecule has 0 radical (unpaired) electrons. The van der Waals surface area contributed by atoms with E-state index in [1.807, 2.05) is 6.92 Å². The molecule has 1 unspecified atom stereocenters. The molecular formula is C13H17Cl2NO3. The van der Waals surface area contributed by atoms with Gasteiger partial charge in [-0.2, -0.15) is 0 Å². The molecule has 0 aliphatic heterocycles. The van der Waals surface area contributed by atoms with E-state index in [1.165, 1.54) is 7.11 Å². The molecule has 0 aliphatic carbocycles. The molecule has 0 amide bonds. The lowest BCUT2D eigenvalue weighted by atomic mass is 10.0. The maximum Gasteiger partial charge on any atom is 0.343 e. The van der Waals surface area contributed by atoms with E-state index in [1.54, 1.807) is 12.1 Å². The van der Waals surface area contributed by atoms with Crippen molar-refractivity contribution in [2.45, 2.75) is 25.8 Å². The van der Waals surface area contributed by atoms with Gasteiger partial charge in [-0.15, -0.1) is 0 Å².